The molecule has 1 aromatic heterocycles. The average Bonchev–Trinajstić information content (AvgIpc) is 3.58. The van der Waals surface area contributed by atoms with Crippen LogP contribution in [0.25, 0.3) is 10.9 Å². The summed E-state index contributed by atoms with van der Waals surface area (Å²) in [7, 11) is 3.39. The van der Waals surface area contributed by atoms with Crippen molar-refractivity contribution in [3.05, 3.63) is 43.7 Å². The maximum atomic E-state index is 12.9. The highest BCUT2D eigenvalue weighted by Gasteiger charge is 2.34. The summed E-state index contributed by atoms with van der Waals surface area (Å²) < 4.78 is 1.79. The van der Waals surface area contributed by atoms with Crippen LogP contribution in [0.15, 0.2) is 17.1 Å². The van der Waals surface area contributed by atoms with Gasteiger partial charge in [0.2, 0.25) is 11.3 Å². The third kappa shape index (κ3) is 3.59. The van der Waals surface area contributed by atoms with Crippen molar-refractivity contribution in [2.24, 2.45) is 5.92 Å². The zero-order valence-corrected chi connectivity index (χ0v) is 18.3. The second-order valence-corrected chi connectivity index (χ2v) is 8.86. The zero-order chi connectivity index (χ0) is 23.3. The minimum atomic E-state index is -1.35. The molecular weight excluding hydrogens is 416 g/mol. The SMILES string of the molecule is Cc1c(N2CCCC(C(=O)N(C)C)C2)c([N+](=O)[O-])cc2c(=O)c(C(=O)O)cn(C3CC3)c12. The second-order valence-electron chi connectivity index (χ2n) is 8.86. The van der Waals surface area contributed by atoms with Crippen LogP contribution in [0.4, 0.5) is 11.4 Å². The number of anilines is 1. The summed E-state index contributed by atoms with van der Waals surface area (Å²) in [5.41, 5.74) is 0.143. The van der Waals surface area contributed by atoms with Crippen molar-refractivity contribution < 1.29 is 19.6 Å². The lowest BCUT2D eigenvalue weighted by atomic mass is 9.94. The first-order valence-corrected chi connectivity index (χ1v) is 10.7. The first-order chi connectivity index (χ1) is 15.1. The van der Waals surface area contributed by atoms with E-state index in [2.05, 4.69) is 0 Å². The summed E-state index contributed by atoms with van der Waals surface area (Å²) in [6.07, 6.45) is 4.49. The van der Waals surface area contributed by atoms with Crippen LogP contribution in [0.1, 0.15) is 47.6 Å². The maximum absolute atomic E-state index is 12.9. The second kappa shape index (κ2) is 7.92. The molecule has 10 heteroatoms. The number of benzene rings is 1. The summed E-state index contributed by atoms with van der Waals surface area (Å²) >= 11 is 0. The predicted octanol–water partition coefficient (Wildman–Crippen LogP) is 2.56. The lowest BCUT2D eigenvalue weighted by Crippen LogP contribution is -2.43. The third-order valence-electron chi connectivity index (χ3n) is 6.40. The zero-order valence-electron chi connectivity index (χ0n) is 18.3. The number of piperidine rings is 1. The molecule has 2 heterocycles. The molecule has 1 atom stereocenters. The standard InChI is InChI=1S/C22H26N4O6/c1-12-18-15(20(27)16(22(29)30)11-25(18)14-6-7-14)9-17(26(31)32)19(12)24-8-4-5-13(10-24)21(28)23(2)3/h9,11,13-14H,4-8,10H2,1-3H3,(H,29,30). The van der Waals surface area contributed by atoms with Crippen LogP contribution >= 0.6 is 0 Å². The number of aromatic nitrogens is 1. The molecule has 1 N–H and O–H groups in total. The number of carboxylic acid groups (broad SMARTS) is 1. The van der Waals surface area contributed by atoms with E-state index in [1.165, 1.54) is 17.2 Å². The lowest BCUT2D eigenvalue weighted by Gasteiger charge is -2.35. The van der Waals surface area contributed by atoms with E-state index in [-0.39, 0.29) is 34.5 Å². The average molecular weight is 442 g/mol. The number of carboxylic acids is 1. The Kier molecular flexibility index (Phi) is 5.39. The van der Waals surface area contributed by atoms with Gasteiger partial charge in [-0.2, -0.15) is 0 Å². The number of nitro groups is 1. The van der Waals surface area contributed by atoms with E-state index in [4.69, 9.17) is 0 Å². The molecule has 0 spiro atoms. The highest BCUT2D eigenvalue weighted by molar-refractivity contribution is 5.97. The molecule has 1 unspecified atom stereocenters. The van der Waals surface area contributed by atoms with Crippen molar-refractivity contribution in [2.75, 3.05) is 32.1 Å². The van der Waals surface area contributed by atoms with Crippen LogP contribution in [-0.4, -0.2) is 58.6 Å². The van der Waals surface area contributed by atoms with E-state index in [1.807, 2.05) is 4.90 Å². The highest BCUT2D eigenvalue weighted by atomic mass is 16.6. The van der Waals surface area contributed by atoms with Gasteiger partial charge in [0.1, 0.15) is 11.3 Å². The summed E-state index contributed by atoms with van der Waals surface area (Å²) in [6, 6.07) is 1.27. The summed E-state index contributed by atoms with van der Waals surface area (Å²) in [4.78, 5) is 52.0. The van der Waals surface area contributed by atoms with Gasteiger partial charge >= 0.3 is 5.97 Å². The fourth-order valence-electron chi connectivity index (χ4n) is 4.77. The fraction of sp³-hybridized carbons (Fsp3) is 0.500. The van der Waals surface area contributed by atoms with Gasteiger partial charge in [-0.15, -0.1) is 0 Å². The largest absolute Gasteiger partial charge is 0.477 e. The first-order valence-electron chi connectivity index (χ1n) is 10.7. The van der Waals surface area contributed by atoms with E-state index in [0.717, 1.165) is 12.8 Å². The number of fused-ring (bicyclic) bond motifs is 1. The molecule has 1 aromatic carbocycles. The number of rotatable bonds is 5. The monoisotopic (exact) mass is 442 g/mol. The van der Waals surface area contributed by atoms with Crippen LogP contribution in [0.2, 0.25) is 0 Å². The molecule has 1 aliphatic heterocycles. The van der Waals surface area contributed by atoms with E-state index in [9.17, 15) is 29.6 Å². The molecule has 4 rings (SSSR count). The number of carbonyl (C=O) groups excluding carboxylic acids is 1. The Labute approximate surface area is 184 Å². The van der Waals surface area contributed by atoms with Gasteiger partial charge in [0.05, 0.1) is 21.7 Å². The number of carbonyl (C=O) groups is 2. The number of nitrogens with zero attached hydrogens (tertiary/aromatic N) is 4. The van der Waals surface area contributed by atoms with Gasteiger partial charge < -0.3 is 19.5 Å². The van der Waals surface area contributed by atoms with Crippen LogP contribution < -0.4 is 10.3 Å². The first kappa shape index (κ1) is 21.8. The predicted molar refractivity (Wildman–Crippen MR) is 118 cm³/mol. The molecule has 1 saturated heterocycles. The topological polar surface area (TPSA) is 126 Å². The third-order valence-corrected chi connectivity index (χ3v) is 6.40. The van der Waals surface area contributed by atoms with Crippen molar-refractivity contribution in [3.8, 4) is 0 Å². The smallest absolute Gasteiger partial charge is 0.341 e. The molecule has 1 saturated carbocycles. The van der Waals surface area contributed by atoms with Gasteiger partial charge in [0.15, 0.2) is 0 Å². The van der Waals surface area contributed by atoms with E-state index < -0.39 is 16.3 Å². The van der Waals surface area contributed by atoms with Gasteiger partial charge in [-0.05, 0) is 32.6 Å². The Morgan fingerprint density at radius 1 is 1.25 bits per heavy atom. The van der Waals surface area contributed by atoms with Crippen molar-refractivity contribution in [2.45, 2.75) is 38.6 Å². The molecule has 2 aromatic rings. The summed E-state index contributed by atoms with van der Waals surface area (Å²) in [6.45, 7) is 2.65. The van der Waals surface area contributed by atoms with Crippen molar-refractivity contribution in [1.29, 1.82) is 0 Å². The molecule has 0 radical (unpaired) electrons. The quantitative estimate of drug-likeness (QED) is 0.557. The summed E-state index contributed by atoms with van der Waals surface area (Å²) in [5.74, 6) is -1.64. The molecule has 2 fully saturated rings. The van der Waals surface area contributed by atoms with Crippen LogP contribution in [0, 0.1) is 23.0 Å². The molecule has 10 nitrogen and oxygen atoms in total. The number of aryl methyl sites for hydroxylation is 1. The number of hydrogen-bond acceptors (Lipinski definition) is 6. The van der Waals surface area contributed by atoms with Crippen LogP contribution in [-0.2, 0) is 4.79 Å². The number of aromatic carboxylic acids is 1. The van der Waals surface area contributed by atoms with Crippen molar-refractivity contribution >= 4 is 34.2 Å². The Balaban J connectivity index is 1.95. The molecular formula is C22H26N4O6. The van der Waals surface area contributed by atoms with Crippen LogP contribution in [0.5, 0.6) is 0 Å². The van der Waals surface area contributed by atoms with Gasteiger partial charge in [0.25, 0.3) is 5.69 Å². The molecule has 2 aliphatic rings. The number of nitro benzene ring substituents is 1. The Hall–Kier alpha value is -3.43. The van der Waals surface area contributed by atoms with E-state index in [0.29, 0.717) is 42.7 Å². The molecule has 32 heavy (non-hydrogen) atoms. The van der Waals surface area contributed by atoms with Gasteiger partial charge in [-0.3, -0.25) is 19.7 Å². The molecule has 170 valence electrons. The minimum absolute atomic E-state index is 0.0169. The Morgan fingerprint density at radius 2 is 1.94 bits per heavy atom. The minimum Gasteiger partial charge on any atom is -0.477 e. The number of hydrogen-bond donors (Lipinski definition) is 1. The molecule has 1 amide bonds. The van der Waals surface area contributed by atoms with Gasteiger partial charge in [-0.25, -0.2) is 4.79 Å². The van der Waals surface area contributed by atoms with Gasteiger partial charge in [-0.1, -0.05) is 0 Å². The number of amides is 1. The normalized spacial score (nSPS) is 18.6. The van der Waals surface area contributed by atoms with Crippen molar-refractivity contribution in [3.63, 3.8) is 0 Å². The summed E-state index contributed by atoms with van der Waals surface area (Å²) in [5, 5.41) is 21.6. The Morgan fingerprint density at radius 3 is 2.50 bits per heavy atom. The molecule has 1 aliphatic carbocycles. The highest BCUT2D eigenvalue weighted by Crippen LogP contribution is 2.43. The number of pyridine rings is 1. The maximum Gasteiger partial charge on any atom is 0.341 e. The lowest BCUT2D eigenvalue weighted by molar-refractivity contribution is -0.384. The Bertz CT molecular complexity index is 1200. The molecule has 0 bridgehead atoms. The van der Waals surface area contributed by atoms with E-state index >= 15 is 0 Å². The van der Waals surface area contributed by atoms with E-state index in [1.54, 1.807) is 25.6 Å². The van der Waals surface area contributed by atoms with Gasteiger partial charge in [0, 0.05) is 51.1 Å². The van der Waals surface area contributed by atoms with Crippen molar-refractivity contribution in [1.82, 2.24) is 9.47 Å². The fourth-order valence-corrected chi connectivity index (χ4v) is 4.77. The van der Waals surface area contributed by atoms with Crippen LogP contribution in [0.3, 0.4) is 0 Å².